The summed E-state index contributed by atoms with van der Waals surface area (Å²) in [5, 5.41) is 0. The Bertz CT molecular complexity index is 347. The van der Waals surface area contributed by atoms with E-state index in [0.29, 0.717) is 5.69 Å². The van der Waals surface area contributed by atoms with Gasteiger partial charge in [0.05, 0.1) is 6.61 Å². The SMILES string of the molecule is CCCCCCCCCCCCCCOc1ccc([NH-])cc1. The molecule has 0 aliphatic heterocycles. The van der Waals surface area contributed by atoms with Gasteiger partial charge in [-0.25, -0.2) is 0 Å². The maximum atomic E-state index is 7.42. The monoisotopic (exact) mass is 304 g/mol. The molecule has 0 radical (unpaired) electrons. The number of hydrogen-bond acceptors (Lipinski definition) is 1. The van der Waals surface area contributed by atoms with Gasteiger partial charge in [-0.2, -0.15) is 0 Å². The molecule has 0 fully saturated rings. The summed E-state index contributed by atoms with van der Waals surface area (Å²) in [6.45, 7) is 3.08. The summed E-state index contributed by atoms with van der Waals surface area (Å²) >= 11 is 0. The highest BCUT2D eigenvalue weighted by Gasteiger charge is 1.95. The third-order valence-corrected chi connectivity index (χ3v) is 4.12. The fourth-order valence-corrected chi connectivity index (χ4v) is 2.68. The van der Waals surface area contributed by atoms with Crippen LogP contribution in [0, 0.1) is 0 Å². The van der Waals surface area contributed by atoms with Gasteiger partial charge in [0.1, 0.15) is 5.75 Å². The van der Waals surface area contributed by atoms with E-state index < -0.39 is 0 Å². The Kier molecular flexibility index (Phi) is 11.6. The molecule has 1 N–H and O–H groups in total. The van der Waals surface area contributed by atoms with Crippen LogP contribution in [0.3, 0.4) is 0 Å². The molecule has 0 unspecified atom stereocenters. The van der Waals surface area contributed by atoms with Gasteiger partial charge in [-0.05, 0) is 18.6 Å². The molecule has 0 heterocycles. The van der Waals surface area contributed by atoms with Crippen molar-refractivity contribution in [1.29, 1.82) is 0 Å². The minimum atomic E-state index is 0.540. The Balaban J connectivity index is 1.79. The Morgan fingerprint density at radius 2 is 1.14 bits per heavy atom. The predicted molar refractivity (Wildman–Crippen MR) is 97.0 cm³/mol. The molecule has 1 aromatic carbocycles. The second-order valence-electron chi connectivity index (χ2n) is 6.26. The first-order valence-corrected chi connectivity index (χ1v) is 9.27. The van der Waals surface area contributed by atoms with Crippen molar-refractivity contribution in [3.8, 4) is 5.75 Å². The summed E-state index contributed by atoms with van der Waals surface area (Å²) in [4.78, 5) is 0. The second-order valence-corrected chi connectivity index (χ2v) is 6.26. The lowest BCUT2D eigenvalue weighted by Crippen LogP contribution is -1.96. The van der Waals surface area contributed by atoms with E-state index in [1.807, 2.05) is 12.1 Å². The highest BCUT2D eigenvalue weighted by molar-refractivity contribution is 5.45. The molecule has 0 aliphatic carbocycles. The van der Waals surface area contributed by atoms with Gasteiger partial charge in [0.25, 0.3) is 0 Å². The van der Waals surface area contributed by atoms with E-state index in [0.717, 1.165) is 18.8 Å². The van der Waals surface area contributed by atoms with Gasteiger partial charge in [0.2, 0.25) is 0 Å². The van der Waals surface area contributed by atoms with Crippen molar-refractivity contribution < 1.29 is 4.74 Å². The van der Waals surface area contributed by atoms with Crippen LogP contribution in [0.5, 0.6) is 5.75 Å². The predicted octanol–water partition coefficient (Wildman–Crippen LogP) is 7.45. The number of hydrogen-bond donors (Lipinski definition) is 0. The van der Waals surface area contributed by atoms with Gasteiger partial charge >= 0.3 is 0 Å². The lowest BCUT2D eigenvalue weighted by Gasteiger charge is -2.08. The molecule has 22 heavy (non-hydrogen) atoms. The van der Waals surface area contributed by atoms with Gasteiger partial charge in [0.15, 0.2) is 0 Å². The van der Waals surface area contributed by atoms with Crippen molar-refractivity contribution in [2.45, 2.75) is 84.0 Å². The second kappa shape index (κ2) is 13.5. The molecule has 1 aromatic rings. The summed E-state index contributed by atoms with van der Waals surface area (Å²) in [5.74, 6) is 0.888. The van der Waals surface area contributed by atoms with Crippen LogP contribution in [0.2, 0.25) is 0 Å². The van der Waals surface area contributed by atoms with Gasteiger partial charge in [0, 0.05) is 0 Å². The topological polar surface area (TPSA) is 33.0 Å². The molecule has 0 amide bonds. The molecule has 0 atom stereocenters. The van der Waals surface area contributed by atoms with Crippen molar-refractivity contribution in [3.05, 3.63) is 30.0 Å². The van der Waals surface area contributed by atoms with Gasteiger partial charge in [-0.1, -0.05) is 89.7 Å². The van der Waals surface area contributed by atoms with Crippen LogP contribution in [-0.4, -0.2) is 6.61 Å². The van der Waals surface area contributed by atoms with Crippen molar-refractivity contribution >= 4 is 5.69 Å². The average Bonchev–Trinajstić information content (AvgIpc) is 2.53. The Morgan fingerprint density at radius 3 is 1.64 bits per heavy atom. The van der Waals surface area contributed by atoms with Crippen LogP contribution in [0.25, 0.3) is 5.73 Å². The third kappa shape index (κ3) is 10.5. The molecule has 0 saturated carbocycles. The van der Waals surface area contributed by atoms with Crippen LogP contribution < -0.4 is 4.74 Å². The number of rotatable bonds is 14. The minimum absolute atomic E-state index is 0.540. The number of unbranched alkanes of at least 4 members (excludes halogenated alkanes) is 11. The van der Waals surface area contributed by atoms with Crippen LogP contribution >= 0.6 is 0 Å². The molecule has 2 heteroatoms. The molecule has 0 aromatic heterocycles. The van der Waals surface area contributed by atoms with Gasteiger partial charge in [-0.3, -0.25) is 0 Å². The maximum Gasteiger partial charge on any atom is 0.119 e. The largest absolute Gasteiger partial charge is 0.699 e. The highest BCUT2D eigenvalue weighted by atomic mass is 16.5. The standard InChI is InChI=1S/C20H34NO/c1-2-3-4-5-6-7-8-9-10-11-12-13-18-22-20-16-14-19(21)15-17-20/h14-17,21H,2-13,18H2,1H3/q-1. The molecule has 0 bridgehead atoms. The van der Waals surface area contributed by atoms with E-state index in [4.69, 9.17) is 10.5 Å². The molecule has 0 saturated heterocycles. The molecular formula is C20H34NO-. The zero-order chi connectivity index (χ0) is 15.9. The first-order valence-electron chi connectivity index (χ1n) is 9.27. The average molecular weight is 304 g/mol. The molecule has 126 valence electrons. The normalized spacial score (nSPS) is 10.8. The first-order chi connectivity index (χ1) is 10.8. The number of ether oxygens (including phenoxy) is 1. The van der Waals surface area contributed by atoms with Crippen molar-refractivity contribution in [3.63, 3.8) is 0 Å². The lowest BCUT2D eigenvalue weighted by atomic mass is 10.1. The van der Waals surface area contributed by atoms with Crippen LogP contribution in [0.1, 0.15) is 84.0 Å². The summed E-state index contributed by atoms with van der Waals surface area (Å²) in [7, 11) is 0. The van der Waals surface area contributed by atoms with E-state index >= 15 is 0 Å². The fourth-order valence-electron chi connectivity index (χ4n) is 2.68. The Morgan fingerprint density at radius 1 is 0.682 bits per heavy atom. The molecule has 1 rings (SSSR count). The van der Waals surface area contributed by atoms with Crippen LogP contribution in [0.15, 0.2) is 24.3 Å². The molecular weight excluding hydrogens is 270 g/mol. The molecule has 0 aliphatic rings. The lowest BCUT2D eigenvalue weighted by molar-refractivity contribution is 0.304. The first kappa shape index (κ1) is 18.9. The van der Waals surface area contributed by atoms with Crippen molar-refractivity contribution in [1.82, 2.24) is 0 Å². The van der Waals surface area contributed by atoms with Crippen LogP contribution in [-0.2, 0) is 0 Å². The molecule has 0 spiro atoms. The third-order valence-electron chi connectivity index (χ3n) is 4.12. The fraction of sp³-hybridized carbons (Fsp3) is 0.700. The maximum absolute atomic E-state index is 7.42. The summed E-state index contributed by atoms with van der Waals surface area (Å²) in [6.07, 6.45) is 16.4. The van der Waals surface area contributed by atoms with Gasteiger partial charge in [-0.15, -0.1) is 5.69 Å². The van der Waals surface area contributed by atoms with E-state index in [2.05, 4.69) is 6.92 Å². The van der Waals surface area contributed by atoms with Gasteiger partial charge < -0.3 is 10.5 Å². The van der Waals surface area contributed by atoms with Crippen molar-refractivity contribution in [2.24, 2.45) is 0 Å². The van der Waals surface area contributed by atoms with E-state index in [1.165, 1.54) is 70.6 Å². The van der Waals surface area contributed by atoms with E-state index in [-0.39, 0.29) is 0 Å². The highest BCUT2D eigenvalue weighted by Crippen LogP contribution is 2.17. The zero-order valence-electron chi connectivity index (χ0n) is 14.4. The zero-order valence-corrected chi connectivity index (χ0v) is 14.4. The summed E-state index contributed by atoms with van der Waals surface area (Å²) in [5.41, 5.74) is 7.96. The smallest absolute Gasteiger partial charge is 0.119 e. The van der Waals surface area contributed by atoms with E-state index in [1.54, 1.807) is 12.1 Å². The van der Waals surface area contributed by atoms with Crippen LogP contribution in [0.4, 0.5) is 5.69 Å². The number of nitrogens with one attached hydrogen (secondary N) is 1. The van der Waals surface area contributed by atoms with Crippen molar-refractivity contribution in [2.75, 3.05) is 6.61 Å². The van der Waals surface area contributed by atoms with E-state index in [9.17, 15) is 0 Å². The summed E-state index contributed by atoms with van der Waals surface area (Å²) in [6, 6.07) is 7.31. The summed E-state index contributed by atoms with van der Waals surface area (Å²) < 4.78 is 5.67. The Labute approximate surface area is 137 Å². The quantitative estimate of drug-likeness (QED) is 0.328. The molecule has 2 nitrogen and oxygen atoms in total. The Hall–Kier alpha value is -1.18. The number of benzene rings is 1. The minimum Gasteiger partial charge on any atom is -0.699 e.